The molecule has 5 heteroatoms. The average Bonchev–Trinajstić information content (AvgIpc) is 2.89. The van der Waals surface area contributed by atoms with Crippen LogP contribution in [0.15, 0.2) is 36.5 Å². The van der Waals surface area contributed by atoms with Crippen LogP contribution < -0.4 is 0 Å². The number of benzene rings is 1. The molecule has 0 bridgehead atoms. The minimum Gasteiger partial charge on any atom is -0.481 e. The van der Waals surface area contributed by atoms with Crippen molar-refractivity contribution in [1.29, 1.82) is 0 Å². The Morgan fingerprint density at radius 3 is 2.75 bits per heavy atom. The lowest BCUT2D eigenvalue weighted by atomic mass is 10.1. The molecule has 0 aliphatic rings. The molecular weight excluding hydrogens is 302 g/mol. The average molecular weight is 323 g/mol. The molecule has 0 unspecified atom stereocenters. The van der Waals surface area contributed by atoms with Gasteiger partial charge in [0, 0.05) is 24.7 Å². The van der Waals surface area contributed by atoms with Crippen molar-refractivity contribution in [2.24, 2.45) is 0 Å². The normalized spacial score (nSPS) is 11.1. The number of pyridine rings is 1. The Hall–Kier alpha value is -2.69. The number of carboxylic acids is 1. The van der Waals surface area contributed by atoms with Crippen molar-refractivity contribution in [2.75, 3.05) is 0 Å². The van der Waals surface area contributed by atoms with Crippen LogP contribution in [0.4, 0.5) is 0 Å². The summed E-state index contributed by atoms with van der Waals surface area (Å²) in [6.45, 7) is 4.79. The fourth-order valence-electron chi connectivity index (χ4n) is 2.90. The third-order valence-electron chi connectivity index (χ3n) is 4.13. The van der Waals surface area contributed by atoms with Crippen LogP contribution in [-0.2, 0) is 11.3 Å². The maximum atomic E-state index is 10.7. The van der Waals surface area contributed by atoms with Gasteiger partial charge in [0.25, 0.3) is 0 Å². The van der Waals surface area contributed by atoms with Gasteiger partial charge in [-0.2, -0.15) is 0 Å². The highest BCUT2D eigenvalue weighted by Gasteiger charge is 2.15. The predicted molar refractivity (Wildman–Crippen MR) is 93.9 cm³/mol. The maximum absolute atomic E-state index is 10.7. The highest BCUT2D eigenvalue weighted by Crippen LogP contribution is 2.27. The Bertz CT molecular complexity index is 883. The summed E-state index contributed by atoms with van der Waals surface area (Å²) in [5.41, 5.74) is 5.07. The zero-order valence-electron chi connectivity index (χ0n) is 14.0. The molecule has 0 spiro atoms. The van der Waals surface area contributed by atoms with E-state index in [4.69, 9.17) is 10.1 Å². The first-order valence-electron chi connectivity index (χ1n) is 8.17. The van der Waals surface area contributed by atoms with E-state index in [1.54, 1.807) is 0 Å². The lowest BCUT2D eigenvalue weighted by Gasteiger charge is -2.10. The van der Waals surface area contributed by atoms with Crippen molar-refractivity contribution in [3.05, 3.63) is 47.7 Å². The molecule has 124 valence electrons. The number of aryl methyl sites for hydroxylation is 3. The van der Waals surface area contributed by atoms with Gasteiger partial charge in [0.1, 0.15) is 11.3 Å². The van der Waals surface area contributed by atoms with Gasteiger partial charge in [0.2, 0.25) is 0 Å². The van der Waals surface area contributed by atoms with Crippen LogP contribution in [0.25, 0.3) is 22.6 Å². The lowest BCUT2D eigenvalue weighted by Crippen LogP contribution is -2.04. The Labute approximate surface area is 141 Å². The van der Waals surface area contributed by atoms with E-state index in [0.717, 1.165) is 40.1 Å². The van der Waals surface area contributed by atoms with E-state index in [2.05, 4.69) is 28.6 Å². The van der Waals surface area contributed by atoms with Crippen LogP contribution in [0.3, 0.4) is 0 Å². The first-order valence-corrected chi connectivity index (χ1v) is 8.17. The van der Waals surface area contributed by atoms with Gasteiger partial charge in [-0.1, -0.05) is 24.3 Å². The first kappa shape index (κ1) is 16.2. The summed E-state index contributed by atoms with van der Waals surface area (Å²) >= 11 is 0. The Kier molecular flexibility index (Phi) is 4.60. The number of aromatic nitrogens is 3. The zero-order valence-corrected chi connectivity index (χ0v) is 14.0. The number of unbranched alkanes of at least 4 members (excludes halogenated alkanes) is 1. The number of fused-ring (bicyclic) bond motifs is 1. The largest absolute Gasteiger partial charge is 0.481 e. The molecule has 0 aliphatic heterocycles. The van der Waals surface area contributed by atoms with E-state index in [1.165, 1.54) is 0 Å². The third kappa shape index (κ3) is 3.30. The molecule has 0 saturated heterocycles. The van der Waals surface area contributed by atoms with E-state index in [0.29, 0.717) is 13.0 Å². The SMILES string of the molecule is Cc1cnc2c(c1)nc(-c1ccccc1C)n2CCCCC(=O)O. The number of imidazole rings is 1. The van der Waals surface area contributed by atoms with Crippen LogP contribution in [0.1, 0.15) is 30.4 Å². The van der Waals surface area contributed by atoms with Gasteiger partial charge in [-0.25, -0.2) is 9.97 Å². The quantitative estimate of drug-likeness (QED) is 0.697. The van der Waals surface area contributed by atoms with Crippen molar-refractivity contribution in [1.82, 2.24) is 14.5 Å². The van der Waals surface area contributed by atoms with Gasteiger partial charge >= 0.3 is 5.97 Å². The number of carboxylic acid groups (broad SMARTS) is 1. The fraction of sp³-hybridized carbons (Fsp3) is 0.316. The van der Waals surface area contributed by atoms with Crippen molar-refractivity contribution in [2.45, 2.75) is 39.7 Å². The van der Waals surface area contributed by atoms with Crippen molar-refractivity contribution >= 4 is 17.1 Å². The van der Waals surface area contributed by atoms with Gasteiger partial charge in [0.05, 0.1) is 0 Å². The minimum absolute atomic E-state index is 0.193. The molecule has 2 aromatic heterocycles. The Morgan fingerprint density at radius 1 is 1.21 bits per heavy atom. The second-order valence-corrected chi connectivity index (χ2v) is 6.11. The predicted octanol–water partition coefficient (Wildman–Crippen LogP) is 3.97. The number of aliphatic carboxylic acids is 1. The molecule has 2 heterocycles. The van der Waals surface area contributed by atoms with Crippen molar-refractivity contribution < 1.29 is 9.90 Å². The summed E-state index contributed by atoms with van der Waals surface area (Å²) in [5.74, 6) is 0.148. The maximum Gasteiger partial charge on any atom is 0.303 e. The summed E-state index contributed by atoms with van der Waals surface area (Å²) in [6.07, 6.45) is 3.47. The van der Waals surface area contributed by atoms with Crippen LogP contribution in [0.2, 0.25) is 0 Å². The molecule has 3 rings (SSSR count). The number of carbonyl (C=O) groups is 1. The van der Waals surface area contributed by atoms with Crippen molar-refractivity contribution in [3.8, 4) is 11.4 Å². The molecule has 0 fully saturated rings. The third-order valence-corrected chi connectivity index (χ3v) is 4.13. The van der Waals surface area contributed by atoms with Crippen LogP contribution in [0, 0.1) is 13.8 Å². The van der Waals surface area contributed by atoms with Crippen LogP contribution >= 0.6 is 0 Å². The zero-order chi connectivity index (χ0) is 17.1. The molecule has 0 aliphatic carbocycles. The molecule has 0 radical (unpaired) electrons. The molecule has 0 atom stereocenters. The molecule has 24 heavy (non-hydrogen) atoms. The Morgan fingerprint density at radius 2 is 2.00 bits per heavy atom. The van der Waals surface area contributed by atoms with E-state index < -0.39 is 5.97 Å². The van der Waals surface area contributed by atoms with Crippen LogP contribution in [-0.4, -0.2) is 25.6 Å². The summed E-state index contributed by atoms with van der Waals surface area (Å²) < 4.78 is 2.11. The number of hydrogen-bond donors (Lipinski definition) is 1. The molecular formula is C19H21N3O2. The molecule has 5 nitrogen and oxygen atoms in total. The van der Waals surface area contributed by atoms with Gasteiger partial charge < -0.3 is 9.67 Å². The van der Waals surface area contributed by atoms with E-state index in [-0.39, 0.29) is 6.42 Å². The topological polar surface area (TPSA) is 68.0 Å². The second kappa shape index (κ2) is 6.83. The summed E-state index contributed by atoms with van der Waals surface area (Å²) in [4.78, 5) is 20.1. The van der Waals surface area contributed by atoms with Crippen molar-refractivity contribution in [3.63, 3.8) is 0 Å². The lowest BCUT2D eigenvalue weighted by molar-refractivity contribution is -0.137. The van der Waals surface area contributed by atoms with E-state index in [9.17, 15) is 4.79 Å². The van der Waals surface area contributed by atoms with Gasteiger partial charge in [0.15, 0.2) is 5.65 Å². The fourth-order valence-corrected chi connectivity index (χ4v) is 2.90. The molecule has 3 aromatic rings. The van der Waals surface area contributed by atoms with E-state index in [1.807, 2.05) is 31.3 Å². The van der Waals surface area contributed by atoms with Gasteiger partial charge in [-0.05, 0) is 43.9 Å². The molecule has 1 aromatic carbocycles. The summed E-state index contributed by atoms with van der Waals surface area (Å²) in [6, 6.07) is 10.2. The van der Waals surface area contributed by atoms with Gasteiger partial charge in [-0.15, -0.1) is 0 Å². The van der Waals surface area contributed by atoms with E-state index >= 15 is 0 Å². The Balaban J connectivity index is 2.02. The molecule has 0 amide bonds. The smallest absolute Gasteiger partial charge is 0.303 e. The number of hydrogen-bond acceptors (Lipinski definition) is 3. The monoisotopic (exact) mass is 323 g/mol. The number of nitrogens with zero attached hydrogens (tertiary/aromatic N) is 3. The molecule has 1 N–H and O–H groups in total. The molecule has 0 saturated carbocycles. The first-order chi connectivity index (χ1) is 11.6. The highest BCUT2D eigenvalue weighted by molar-refractivity contribution is 5.78. The van der Waals surface area contributed by atoms with Gasteiger partial charge in [-0.3, -0.25) is 4.79 Å². The summed E-state index contributed by atoms with van der Waals surface area (Å²) in [7, 11) is 0. The number of rotatable bonds is 6. The second-order valence-electron chi connectivity index (χ2n) is 6.11. The highest BCUT2D eigenvalue weighted by atomic mass is 16.4. The minimum atomic E-state index is -0.752. The van der Waals surface area contributed by atoms with Crippen LogP contribution in [0.5, 0.6) is 0 Å². The summed E-state index contributed by atoms with van der Waals surface area (Å²) in [5, 5.41) is 8.81. The standard InChI is InChI=1S/C19H21N3O2/c1-13-11-16-19(20-12-13)22(10-6-5-9-17(23)24)18(21-16)15-8-4-3-7-14(15)2/h3-4,7-8,11-12H,5-6,9-10H2,1-2H3,(H,23,24).